The van der Waals surface area contributed by atoms with E-state index in [1.54, 1.807) is 7.11 Å². The predicted molar refractivity (Wildman–Crippen MR) is 54.1 cm³/mol. The first-order chi connectivity index (χ1) is 6.29. The number of aromatic amines is 1. The van der Waals surface area contributed by atoms with Gasteiger partial charge in [-0.25, -0.2) is 4.98 Å². The third-order valence-corrected chi connectivity index (χ3v) is 2.06. The van der Waals surface area contributed by atoms with E-state index in [9.17, 15) is 0 Å². The van der Waals surface area contributed by atoms with Crippen molar-refractivity contribution >= 4 is 23.7 Å². The van der Waals surface area contributed by atoms with Crippen LogP contribution in [0.2, 0.25) is 0 Å². The van der Waals surface area contributed by atoms with Crippen molar-refractivity contribution in [3.05, 3.63) is 23.8 Å². The number of thiol groups is 1. The average molecular weight is 194 g/mol. The molecule has 1 aromatic heterocycles. The van der Waals surface area contributed by atoms with Crippen LogP contribution >= 0.6 is 12.6 Å². The summed E-state index contributed by atoms with van der Waals surface area (Å²) >= 11 is 4.13. The van der Waals surface area contributed by atoms with Crippen LogP contribution in [0.25, 0.3) is 11.0 Å². The first-order valence-electron chi connectivity index (χ1n) is 3.96. The molecular formula is C9H10N2OS. The van der Waals surface area contributed by atoms with E-state index in [1.165, 1.54) is 0 Å². The van der Waals surface area contributed by atoms with Crippen molar-refractivity contribution in [3.8, 4) is 0 Å². The van der Waals surface area contributed by atoms with Crippen LogP contribution < -0.4 is 0 Å². The lowest BCUT2D eigenvalue weighted by Gasteiger charge is -1.97. The largest absolute Gasteiger partial charge is 0.380 e. The highest BCUT2D eigenvalue weighted by molar-refractivity contribution is 7.80. The van der Waals surface area contributed by atoms with Gasteiger partial charge >= 0.3 is 0 Å². The monoisotopic (exact) mass is 194 g/mol. The summed E-state index contributed by atoms with van der Waals surface area (Å²) in [6, 6.07) is 5.99. The van der Waals surface area contributed by atoms with Crippen molar-refractivity contribution in [3.63, 3.8) is 0 Å². The fourth-order valence-electron chi connectivity index (χ4n) is 1.29. The number of methoxy groups -OCH3 is 1. The zero-order valence-corrected chi connectivity index (χ0v) is 8.14. The number of benzene rings is 1. The van der Waals surface area contributed by atoms with Gasteiger partial charge < -0.3 is 9.72 Å². The predicted octanol–water partition coefficient (Wildman–Crippen LogP) is 2.00. The smallest absolute Gasteiger partial charge is 0.163 e. The Morgan fingerprint density at radius 3 is 3.15 bits per heavy atom. The van der Waals surface area contributed by atoms with Gasteiger partial charge in [0.1, 0.15) is 0 Å². The molecular weight excluding hydrogens is 184 g/mol. The van der Waals surface area contributed by atoms with Crippen LogP contribution in [0.1, 0.15) is 5.56 Å². The second kappa shape index (κ2) is 3.40. The highest BCUT2D eigenvalue weighted by Crippen LogP contribution is 2.15. The van der Waals surface area contributed by atoms with Crippen LogP contribution in [-0.4, -0.2) is 17.1 Å². The minimum atomic E-state index is 0.616. The first-order valence-corrected chi connectivity index (χ1v) is 4.41. The summed E-state index contributed by atoms with van der Waals surface area (Å²) in [5.74, 6) is 0. The van der Waals surface area contributed by atoms with Crippen molar-refractivity contribution in [1.29, 1.82) is 0 Å². The lowest BCUT2D eigenvalue weighted by molar-refractivity contribution is 0.185. The van der Waals surface area contributed by atoms with Gasteiger partial charge in [-0.05, 0) is 17.7 Å². The molecule has 4 heteroatoms. The molecule has 0 radical (unpaired) electrons. The molecule has 0 fully saturated rings. The Hall–Kier alpha value is -1.00. The van der Waals surface area contributed by atoms with Crippen LogP contribution in [0, 0.1) is 0 Å². The first kappa shape index (κ1) is 8.59. The molecule has 0 atom stereocenters. The summed E-state index contributed by atoms with van der Waals surface area (Å²) < 4.78 is 5.03. The number of hydrogen-bond acceptors (Lipinski definition) is 3. The summed E-state index contributed by atoms with van der Waals surface area (Å²) in [7, 11) is 1.68. The lowest BCUT2D eigenvalue weighted by atomic mass is 10.2. The van der Waals surface area contributed by atoms with E-state index >= 15 is 0 Å². The topological polar surface area (TPSA) is 37.9 Å². The molecule has 0 amide bonds. The summed E-state index contributed by atoms with van der Waals surface area (Å²) in [4.78, 5) is 7.25. The maximum Gasteiger partial charge on any atom is 0.163 e. The van der Waals surface area contributed by atoms with Gasteiger partial charge in [0.15, 0.2) is 5.16 Å². The molecule has 13 heavy (non-hydrogen) atoms. The highest BCUT2D eigenvalue weighted by atomic mass is 32.1. The Morgan fingerprint density at radius 1 is 1.54 bits per heavy atom. The maximum atomic E-state index is 5.03. The van der Waals surface area contributed by atoms with Gasteiger partial charge in [0, 0.05) is 7.11 Å². The van der Waals surface area contributed by atoms with Gasteiger partial charge in [0.25, 0.3) is 0 Å². The highest BCUT2D eigenvalue weighted by Gasteiger charge is 2.00. The van der Waals surface area contributed by atoms with E-state index in [0.29, 0.717) is 11.8 Å². The minimum absolute atomic E-state index is 0.616. The molecule has 0 unspecified atom stereocenters. The summed E-state index contributed by atoms with van der Waals surface area (Å²) in [5.41, 5.74) is 3.05. The standard InChI is InChI=1S/C9H10N2OS/c1-12-5-6-2-3-7-8(4-6)11-9(13)10-7/h2-4H,5H2,1H3,(H2,10,11,13). The van der Waals surface area contributed by atoms with Gasteiger partial charge in [-0.2, -0.15) is 0 Å². The van der Waals surface area contributed by atoms with Gasteiger partial charge in [0.2, 0.25) is 0 Å². The summed E-state index contributed by atoms with van der Waals surface area (Å²) in [6.45, 7) is 0.616. The number of fused-ring (bicyclic) bond motifs is 1. The molecule has 2 aromatic rings. The summed E-state index contributed by atoms with van der Waals surface area (Å²) in [5, 5.41) is 0.643. The van der Waals surface area contributed by atoms with E-state index < -0.39 is 0 Å². The SMILES string of the molecule is COCc1ccc2[nH]c(S)nc2c1. The van der Waals surface area contributed by atoms with E-state index in [-0.39, 0.29) is 0 Å². The second-order valence-electron chi connectivity index (χ2n) is 2.84. The van der Waals surface area contributed by atoms with E-state index in [2.05, 4.69) is 22.6 Å². The normalized spacial score (nSPS) is 10.9. The number of aromatic nitrogens is 2. The third-order valence-electron chi connectivity index (χ3n) is 1.85. The lowest BCUT2D eigenvalue weighted by Crippen LogP contribution is -1.86. The molecule has 0 saturated carbocycles. The molecule has 1 heterocycles. The molecule has 0 saturated heterocycles. The van der Waals surface area contributed by atoms with Gasteiger partial charge in [-0.15, -0.1) is 12.6 Å². The van der Waals surface area contributed by atoms with Gasteiger partial charge in [0.05, 0.1) is 17.6 Å². The molecule has 1 N–H and O–H groups in total. The van der Waals surface area contributed by atoms with Crippen molar-refractivity contribution in [1.82, 2.24) is 9.97 Å². The Balaban J connectivity index is 2.48. The third kappa shape index (κ3) is 1.68. The molecule has 0 aliphatic rings. The fourth-order valence-corrected chi connectivity index (χ4v) is 1.52. The number of nitrogens with zero attached hydrogens (tertiary/aromatic N) is 1. The van der Waals surface area contributed by atoms with E-state index in [0.717, 1.165) is 16.6 Å². The number of nitrogens with one attached hydrogen (secondary N) is 1. The van der Waals surface area contributed by atoms with Crippen LogP contribution in [-0.2, 0) is 11.3 Å². The van der Waals surface area contributed by atoms with Crippen molar-refractivity contribution < 1.29 is 4.74 Å². The molecule has 3 nitrogen and oxygen atoms in total. The van der Waals surface area contributed by atoms with Crippen LogP contribution in [0.3, 0.4) is 0 Å². The van der Waals surface area contributed by atoms with Crippen LogP contribution in [0.4, 0.5) is 0 Å². The number of H-pyrrole nitrogens is 1. The Morgan fingerprint density at radius 2 is 2.38 bits per heavy atom. The van der Waals surface area contributed by atoms with Crippen molar-refractivity contribution in [2.24, 2.45) is 0 Å². The van der Waals surface area contributed by atoms with Crippen LogP contribution in [0.5, 0.6) is 0 Å². The average Bonchev–Trinajstić information content (AvgIpc) is 2.44. The number of ether oxygens (including phenoxy) is 1. The van der Waals surface area contributed by atoms with E-state index in [4.69, 9.17) is 4.74 Å². The minimum Gasteiger partial charge on any atom is -0.380 e. The Bertz CT molecular complexity index is 424. The Kier molecular flexibility index (Phi) is 2.24. The maximum absolute atomic E-state index is 5.03. The van der Waals surface area contributed by atoms with Gasteiger partial charge in [-0.3, -0.25) is 0 Å². The quantitative estimate of drug-likeness (QED) is 0.717. The molecule has 0 aliphatic heterocycles. The van der Waals surface area contributed by atoms with Crippen molar-refractivity contribution in [2.45, 2.75) is 11.8 Å². The molecule has 2 rings (SSSR count). The number of rotatable bonds is 2. The zero-order chi connectivity index (χ0) is 9.26. The van der Waals surface area contributed by atoms with Crippen LogP contribution in [0.15, 0.2) is 23.4 Å². The van der Waals surface area contributed by atoms with Gasteiger partial charge in [-0.1, -0.05) is 6.07 Å². The molecule has 0 spiro atoms. The number of imidazole rings is 1. The zero-order valence-electron chi connectivity index (χ0n) is 7.24. The Labute approximate surface area is 81.5 Å². The molecule has 0 aliphatic carbocycles. The number of hydrogen-bond donors (Lipinski definition) is 2. The second-order valence-corrected chi connectivity index (χ2v) is 3.27. The molecule has 1 aromatic carbocycles. The van der Waals surface area contributed by atoms with E-state index in [1.807, 2.05) is 18.2 Å². The molecule has 68 valence electrons. The summed E-state index contributed by atoms with van der Waals surface area (Å²) in [6.07, 6.45) is 0. The molecule has 0 bridgehead atoms. The van der Waals surface area contributed by atoms with Crippen molar-refractivity contribution in [2.75, 3.05) is 7.11 Å². The fraction of sp³-hybridized carbons (Fsp3) is 0.222.